The Kier molecular flexibility index (Phi) is 7.12. The summed E-state index contributed by atoms with van der Waals surface area (Å²) in [5, 5.41) is 3.31. The van der Waals surface area contributed by atoms with Gasteiger partial charge < -0.3 is 14.8 Å². The van der Waals surface area contributed by atoms with E-state index < -0.39 is 0 Å². The van der Waals surface area contributed by atoms with Gasteiger partial charge in [-0.15, -0.1) is 0 Å². The second kappa shape index (κ2) is 8.50. The molecule has 0 aliphatic heterocycles. The molecule has 0 spiro atoms. The van der Waals surface area contributed by atoms with Gasteiger partial charge in [0.15, 0.2) is 0 Å². The van der Waals surface area contributed by atoms with Crippen LogP contribution in [0.25, 0.3) is 0 Å². The van der Waals surface area contributed by atoms with Crippen LogP contribution in [0.5, 0.6) is 0 Å². The van der Waals surface area contributed by atoms with Gasteiger partial charge in [-0.05, 0) is 28.4 Å². The highest BCUT2D eigenvalue weighted by molar-refractivity contribution is 9.10. The molecule has 0 amide bonds. The Morgan fingerprint density at radius 3 is 3.00 bits per heavy atom. The van der Waals surface area contributed by atoms with E-state index in [1.165, 1.54) is 0 Å². The molecule has 0 aliphatic rings. The summed E-state index contributed by atoms with van der Waals surface area (Å²) >= 11 is 3.43. The highest BCUT2D eigenvalue weighted by Gasteiger charge is 1.97. The van der Waals surface area contributed by atoms with E-state index in [0.29, 0.717) is 13.2 Å². The van der Waals surface area contributed by atoms with Gasteiger partial charge in [-0.25, -0.2) is 0 Å². The highest BCUT2D eigenvalue weighted by atomic mass is 79.9. The van der Waals surface area contributed by atoms with Crippen LogP contribution in [0, 0.1) is 0 Å². The molecule has 4 nitrogen and oxygen atoms in total. The molecule has 0 radical (unpaired) electrons. The van der Waals surface area contributed by atoms with Gasteiger partial charge in [-0.2, -0.15) is 0 Å². The summed E-state index contributed by atoms with van der Waals surface area (Å²) in [7, 11) is 1.67. The number of pyridine rings is 1. The molecule has 16 heavy (non-hydrogen) atoms. The van der Waals surface area contributed by atoms with Crippen LogP contribution < -0.4 is 5.32 Å². The third kappa shape index (κ3) is 5.44. The lowest BCUT2D eigenvalue weighted by atomic mass is 10.4. The number of halogens is 1. The van der Waals surface area contributed by atoms with E-state index in [1.807, 2.05) is 6.07 Å². The molecule has 1 heterocycles. The summed E-state index contributed by atoms with van der Waals surface area (Å²) in [6, 6.07) is 1.94. The average Bonchev–Trinajstić information content (AvgIpc) is 2.30. The maximum Gasteiger partial charge on any atom is 0.0700 e. The van der Waals surface area contributed by atoms with E-state index >= 15 is 0 Å². The smallest absolute Gasteiger partial charge is 0.0700 e. The Morgan fingerprint density at radius 2 is 2.25 bits per heavy atom. The predicted molar refractivity (Wildman–Crippen MR) is 67.7 cm³/mol. The van der Waals surface area contributed by atoms with Gasteiger partial charge in [0, 0.05) is 32.7 Å². The molecule has 0 saturated carbocycles. The molecule has 1 rings (SSSR count). The molecule has 1 aromatic heterocycles. The molecular formula is C11H17BrN2O2. The summed E-state index contributed by atoms with van der Waals surface area (Å²) in [4.78, 5) is 4.00. The minimum atomic E-state index is 0.656. The molecule has 1 aromatic rings. The van der Waals surface area contributed by atoms with Gasteiger partial charge in [0.2, 0.25) is 0 Å². The van der Waals surface area contributed by atoms with Crippen LogP contribution in [-0.4, -0.2) is 38.5 Å². The molecule has 5 heteroatoms. The summed E-state index contributed by atoms with van der Waals surface area (Å²) < 4.78 is 11.2. The normalized spacial score (nSPS) is 10.4. The fourth-order valence-corrected chi connectivity index (χ4v) is 1.55. The largest absolute Gasteiger partial charge is 0.384 e. The van der Waals surface area contributed by atoms with Crippen LogP contribution in [0.4, 0.5) is 5.69 Å². The number of hydrogen-bond donors (Lipinski definition) is 1. The number of methoxy groups -OCH3 is 1. The summed E-state index contributed by atoms with van der Waals surface area (Å²) in [6.07, 6.45) is 4.51. The van der Waals surface area contributed by atoms with Crippen LogP contribution in [0.15, 0.2) is 22.9 Å². The van der Waals surface area contributed by atoms with E-state index in [2.05, 4.69) is 26.2 Å². The van der Waals surface area contributed by atoms with Crippen LogP contribution in [0.3, 0.4) is 0 Å². The Hall–Kier alpha value is -0.650. The Balaban J connectivity index is 2.05. The summed E-state index contributed by atoms with van der Waals surface area (Å²) in [6.45, 7) is 2.95. The fraction of sp³-hybridized carbons (Fsp3) is 0.545. The lowest BCUT2D eigenvalue weighted by Gasteiger charge is -2.08. The monoisotopic (exact) mass is 288 g/mol. The van der Waals surface area contributed by atoms with Gasteiger partial charge in [0.05, 0.1) is 23.4 Å². The predicted octanol–water partition coefficient (Wildman–Crippen LogP) is 2.31. The third-order valence-electron chi connectivity index (χ3n) is 1.99. The quantitative estimate of drug-likeness (QED) is 0.746. The van der Waals surface area contributed by atoms with Crippen molar-refractivity contribution in [2.45, 2.75) is 6.42 Å². The number of aromatic nitrogens is 1. The maximum absolute atomic E-state index is 5.35. The molecule has 0 unspecified atom stereocenters. The molecule has 0 saturated heterocycles. The number of rotatable bonds is 8. The molecule has 0 bridgehead atoms. The first kappa shape index (κ1) is 13.4. The van der Waals surface area contributed by atoms with Crippen molar-refractivity contribution in [1.82, 2.24) is 4.98 Å². The van der Waals surface area contributed by atoms with Crippen molar-refractivity contribution in [1.29, 1.82) is 0 Å². The van der Waals surface area contributed by atoms with Gasteiger partial charge in [-0.3, -0.25) is 4.98 Å². The second-order valence-electron chi connectivity index (χ2n) is 3.24. The van der Waals surface area contributed by atoms with Gasteiger partial charge in [0.1, 0.15) is 0 Å². The van der Waals surface area contributed by atoms with Crippen molar-refractivity contribution < 1.29 is 9.47 Å². The third-order valence-corrected chi connectivity index (χ3v) is 2.62. The number of ether oxygens (including phenoxy) is 2. The Bertz CT molecular complexity index is 297. The molecule has 0 aliphatic carbocycles. The zero-order valence-electron chi connectivity index (χ0n) is 9.41. The van der Waals surface area contributed by atoms with Crippen LogP contribution in [0.2, 0.25) is 0 Å². The highest BCUT2D eigenvalue weighted by Crippen LogP contribution is 2.19. The SMILES string of the molecule is COCCOCCCNc1ccncc1Br. The van der Waals surface area contributed by atoms with Crippen LogP contribution in [0.1, 0.15) is 6.42 Å². The second-order valence-corrected chi connectivity index (χ2v) is 4.10. The average molecular weight is 289 g/mol. The van der Waals surface area contributed by atoms with E-state index in [0.717, 1.165) is 29.7 Å². The first-order chi connectivity index (χ1) is 7.84. The summed E-state index contributed by atoms with van der Waals surface area (Å²) in [5.41, 5.74) is 1.06. The van der Waals surface area contributed by atoms with Crippen LogP contribution in [-0.2, 0) is 9.47 Å². The topological polar surface area (TPSA) is 43.4 Å². The minimum Gasteiger partial charge on any atom is -0.384 e. The van der Waals surface area contributed by atoms with Crippen LogP contribution >= 0.6 is 15.9 Å². The first-order valence-electron chi connectivity index (χ1n) is 5.24. The fourth-order valence-electron chi connectivity index (χ4n) is 1.16. The van der Waals surface area contributed by atoms with Gasteiger partial charge in [-0.1, -0.05) is 0 Å². The van der Waals surface area contributed by atoms with Crippen molar-refractivity contribution in [2.24, 2.45) is 0 Å². The zero-order valence-corrected chi connectivity index (χ0v) is 11.0. The van der Waals surface area contributed by atoms with E-state index in [-0.39, 0.29) is 0 Å². The standard InChI is InChI=1S/C11H17BrN2O2/c1-15-7-8-16-6-2-4-14-11-3-5-13-9-10(11)12/h3,5,9H,2,4,6-8H2,1H3,(H,13,14). The molecule has 0 fully saturated rings. The molecule has 0 aromatic carbocycles. The van der Waals surface area contributed by atoms with E-state index in [9.17, 15) is 0 Å². The van der Waals surface area contributed by atoms with Gasteiger partial charge >= 0.3 is 0 Å². The molecule has 1 N–H and O–H groups in total. The number of hydrogen-bond acceptors (Lipinski definition) is 4. The Labute approximate surface area is 104 Å². The lowest BCUT2D eigenvalue weighted by Crippen LogP contribution is -2.08. The maximum atomic E-state index is 5.35. The molecule has 0 atom stereocenters. The first-order valence-corrected chi connectivity index (χ1v) is 6.04. The van der Waals surface area contributed by atoms with Crippen molar-refractivity contribution in [2.75, 3.05) is 38.8 Å². The molecular weight excluding hydrogens is 272 g/mol. The van der Waals surface area contributed by atoms with Crippen molar-refractivity contribution >= 4 is 21.6 Å². The lowest BCUT2D eigenvalue weighted by molar-refractivity contribution is 0.0705. The molecule has 90 valence electrons. The minimum absolute atomic E-state index is 0.656. The number of nitrogens with zero attached hydrogens (tertiary/aromatic N) is 1. The van der Waals surface area contributed by atoms with Crippen molar-refractivity contribution in [3.05, 3.63) is 22.9 Å². The summed E-state index contributed by atoms with van der Waals surface area (Å²) in [5.74, 6) is 0. The number of nitrogens with one attached hydrogen (secondary N) is 1. The zero-order chi connectivity index (χ0) is 11.6. The van der Waals surface area contributed by atoms with Gasteiger partial charge in [0.25, 0.3) is 0 Å². The number of anilines is 1. The Morgan fingerprint density at radius 1 is 1.38 bits per heavy atom. The van der Waals surface area contributed by atoms with Crippen molar-refractivity contribution in [3.63, 3.8) is 0 Å². The van der Waals surface area contributed by atoms with E-state index in [1.54, 1.807) is 19.5 Å². The van der Waals surface area contributed by atoms with E-state index in [4.69, 9.17) is 9.47 Å². The van der Waals surface area contributed by atoms with Crippen molar-refractivity contribution in [3.8, 4) is 0 Å².